The van der Waals surface area contributed by atoms with Gasteiger partial charge in [-0.15, -0.1) is 0 Å². The molecule has 0 saturated heterocycles. The van der Waals surface area contributed by atoms with Crippen molar-refractivity contribution in [1.82, 2.24) is 14.0 Å². The lowest BCUT2D eigenvalue weighted by atomic mass is 10.2. The third-order valence-corrected chi connectivity index (χ3v) is 4.08. The summed E-state index contributed by atoms with van der Waals surface area (Å²) in [6, 6.07) is 3.75. The number of rotatable bonds is 8. The van der Waals surface area contributed by atoms with Crippen molar-refractivity contribution in [1.29, 1.82) is 0 Å². The van der Waals surface area contributed by atoms with E-state index in [9.17, 15) is 8.42 Å². The Balaban J connectivity index is 2.38. The smallest absolute Gasteiger partial charge is 0.279 e. The van der Waals surface area contributed by atoms with Crippen LogP contribution >= 0.6 is 0 Å². The largest absolute Gasteiger partial charge is 0.330 e. The quantitative estimate of drug-likeness (QED) is 0.682. The van der Waals surface area contributed by atoms with Crippen molar-refractivity contribution in [2.75, 3.05) is 26.7 Å². The first kappa shape index (κ1) is 15.0. The molecule has 0 unspecified atom stereocenters. The van der Waals surface area contributed by atoms with Crippen LogP contribution in [-0.2, 0) is 16.6 Å². The molecule has 3 N–H and O–H groups in total. The molecule has 0 spiro atoms. The first-order chi connectivity index (χ1) is 8.56. The second-order valence-corrected chi connectivity index (χ2v) is 5.84. The van der Waals surface area contributed by atoms with Crippen LogP contribution in [0.3, 0.4) is 0 Å². The summed E-state index contributed by atoms with van der Waals surface area (Å²) in [7, 11) is -1.85. The summed E-state index contributed by atoms with van der Waals surface area (Å²) in [5.74, 6) is 0. The molecule has 0 aliphatic carbocycles. The Kier molecular flexibility index (Phi) is 6.20. The molecule has 0 aromatic carbocycles. The highest BCUT2D eigenvalue weighted by Gasteiger charge is 2.15. The zero-order valence-corrected chi connectivity index (χ0v) is 11.4. The van der Waals surface area contributed by atoms with E-state index >= 15 is 0 Å². The number of pyridine rings is 1. The Morgan fingerprint density at radius 1 is 1.50 bits per heavy atom. The SMILES string of the molecule is CN(CCCN)S(=O)(=O)NCCc1cccnc1. The minimum Gasteiger partial charge on any atom is -0.330 e. The van der Waals surface area contributed by atoms with Crippen LogP contribution in [0.15, 0.2) is 24.5 Å². The predicted molar refractivity (Wildman–Crippen MR) is 71.2 cm³/mol. The maximum Gasteiger partial charge on any atom is 0.279 e. The van der Waals surface area contributed by atoms with E-state index in [1.165, 1.54) is 4.31 Å². The molecule has 0 atom stereocenters. The van der Waals surface area contributed by atoms with Gasteiger partial charge in [-0.3, -0.25) is 4.98 Å². The van der Waals surface area contributed by atoms with E-state index in [1.807, 2.05) is 12.1 Å². The Morgan fingerprint density at radius 3 is 2.89 bits per heavy atom. The fourth-order valence-corrected chi connectivity index (χ4v) is 2.36. The molecule has 0 saturated carbocycles. The van der Waals surface area contributed by atoms with Gasteiger partial charge in [-0.25, -0.2) is 4.72 Å². The summed E-state index contributed by atoms with van der Waals surface area (Å²) in [5.41, 5.74) is 6.35. The van der Waals surface area contributed by atoms with Crippen molar-refractivity contribution in [2.45, 2.75) is 12.8 Å². The normalized spacial score (nSPS) is 11.9. The Labute approximate surface area is 108 Å². The highest BCUT2D eigenvalue weighted by molar-refractivity contribution is 7.87. The number of hydrogen-bond donors (Lipinski definition) is 2. The molecule has 0 fully saturated rings. The minimum absolute atomic E-state index is 0.362. The topological polar surface area (TPSA) is 88.3 Å². The fourth-order valence-electron chi connectivity index (χ4n) is 1.41. The summed E-state index contributed by atoms with van der Waals surface area (Å²) < 4.78 is 27.4. The van der Waals surface area contributed by atoms with Crippen LogP contribution in [0, 0.1) is 0 Å². The molecule has 0 aliphatic rings. The number of hydrogen-bond acceptors (Lipinski definition) is 4. The molecule has 18 heavy (non-hydrogen) atoms. The number of nitrogens with two attached hydrogens (primary N) is 1. The predicted octanol–water partition coefficient (Wildman–Crippen LogP) is -0.261. The molecule has 0 radical (unpaired) electrons. The van der Waals surface area contributed by atoms with Gasteiger partial charge in [0.15, 0.2) is 0 Å². The van der Waals surface area contributed by atoms with Gasteiger partial charge >= 0.3 is 0 Å². The van der Waals surface area contributed by atoms with Gasteiger partial charge in [0, 0.05) is 32.5 Å². The molecule has 6 nitrogen and oxygen atoms in total. The van der Waals surface area contributed by atoms with E-state index in [-0.39, 0.29) is 0 Å². The van der Waals surface area contributed by atoms with E-state index < -0.39 is 10.2 Å². The van der Waals surface area contributed by atoms with Gasteiger partial charge in [0.2, 0.25) is 0 Å². The lowest BCUT2D eigenvalue weighted by Gasteiger charge is -2.17. The van der Waals surface area contributed by atoms with Gasteiger partial charge in [-0.05, 0) is 31.0 Å². The van der Waals surface area contributed by atoms with Crippen molar-refractivity contribution >= 4 is 10.2 Å². The summed E-state index contributed by atoms with van der Waals surface area (Å²) in [4.78, 5) is 3.97. The number of nitrogens with one attached hydrogen (secondary N) is 1. The lowest BCUT2D eigenvalue weighted by Crippen LogP contribution is -2.40. The number of aromatic nitrogens is 1. The standard InChI is InChI=1S/C11H20N4O2S/c1-15(9-3-6-12)18(16,17)14-8-5-11-4-2-7-13-10-11/h2,4,7,10,14H,3,5-6,8-9,12H2,1H3. The second-order valence-electron chi connectivity index (χ2n) is 3.97. The van der Waals surface area contributed by atoms with E-state index in [4.69, 9.17) is 5.73 Å². The van der Waals surface area contributed by atoms with Crippen molar-refractivity contribution in [3.63, 3.8) is 0 Å². The maximum absolute atomic E-state index is 11.8. The first-order valence-corrected chi connectivity index (χ1v) is 7.30. The summed E-state index contributed by atoms with van der Waals surface area (Å²) in [5, 5.41) is 0. The summed E-state index contributed by atoms with van der Waals surface area (Å²) >= 11 is 0. The molecular formula is C11H20N4O2S. The van der Waals surface area contributed by atoms with Gasteiger partial charge in [0.05, 0.1) is 0 Å². The molecule has 7 heteroatoms. The van der Waals surface area contributed by atoms with Crippen molar-refractivity contribution < 1.29 is 8.42 Å². The molecule has 1 rings (SSSR count). The van der Waals surface area contributed by atoms with Crippen LogP contribution in [0.4, 0.5) is 0 Å². The third kappa shape index (κ3) is 5.09. The van der Waals surface area contributed by atoms with Crippen LogP contribution < -0.4 is 10.5 Å². The van der Waals surface area contributed by atoms with Crippen molar-refractivity contribution in [3.8, 4) is 0 Å². The van der Waals surface area contributed by atoms with Crippen LogP contribution in [0.25, 0.3) is 0 Å². The van der Waals surface area contributed by atoms with Crippen LogP contribution in [-0.4, -0.2) is 44.4 Å². The third-order valence-electron chi connectivity index (χ3n) is 2.51. The first-order valence-electron chi connectivity index (χ1n) is 5.86. The minimum atomic E-state index is -3.40. The van der Waals surface area contributed by atoms with Crippen LogP contribution in [0.1, 0.15) is 12.0 Å². The van der Waals surface area contributed by atoms with Crippen molar-refractivity contribution in [3.05, 3.63) is 30.1 Å². The zero-order chi connectivity index (χ0) is 13.4. The Bertz CT molecular complexity index is 436. The van der Waals surface area contributed by atoms with E-state index in [0.29, 0.717) is 32.5 Å². The van der Waals surface area contributed by atoms with Gasteiger partial charge in [-0.2, -0.15) is 12.7 Å². The number of nitrogens with zero attached hydrogens (tertiary/aromatic N) is 2. The highest BCUT2D eigenvalue weighted by atomic mass is 32.2. The van der Waals surface area contributed by atoms with E-state index in [1.54, 1.807) is 19.4 Å². The fraction of sp³-hybridized carbons (Fsp3) is 0.545. The molecule has 0 amide bonds. The molecule has 1 heterocycles. The average Bonchev–Trinajstić information content (AvgIpc) is 2.37. The van der Waals surface area contributed by atoms with Gasteiger partial charge in [0.25, 0.3) is 10.2 Å². The highest BCUT2D eigenvalue weighted by Crippen LogP contribution is 1.98. The molecular weight excluding hydrogens is 252 g/mol. The van der Waals surface area contributed by atoms with Gasteiger partial charge < -0.3 is 5.73 Å². The van der Waals surface area contributed by atoms with Crippen LogP contribution in [0.5, 0.6) is 0 Å². The maximum atomic E-state index is 11.8. The van der Waals surface area contributed by atoms with Gasteiger partial charge in [-0.1, -0.05) is 6.07 Å². The van der Waals surface area contributed by atoms with Crippen molar-refractivity contribution in [2.24, 2.45) is 5.73 Å². The average molecular weight is 272 g/mol. The lowest BCUT2D eigenvalue weighted by molar-refractivity contribution is 0.453. The van der Waals surface area contributed by atoms with E-state index in [2.05, 4.69) is 9.71 Å². The zero-order valence-electron chi connectivity index (χ0n) is 10.5. The Morgan fingerprint density at radius 2 is 2.28 bits per heavy atom. The second kappa shape index (κ2) is 7.42. The van der Waals surface area contributed by atoms with Gasteiger partial charge in [0.1, 0.15) is 0 Å². The van der Waals surface area contributed by atoms with Crippen LogP contribution in [0.2, 0.25) is 0 Å². The van der Waals surface area contributed by atoms with E-state index in [0.717, 1.165) is 5.56 Å². The molecule has 102 valence electrons. The molecule has 0 bridgehead atoms. The molecule has 1 aromatic heterocycles. The molecule has 1 aromatic rings. The summed E-state index contributed by atoms with van der Waals surface area (Å²) in [6.07, 6.45) is 4.69. The Hall–Kier alpha value is -1.02. The monoisotopic (exact) mass is 272 g/mol. The molecule has 0 aliphatic heterocycles. The summed E-state index contributed by atoms with van der Waals surface area (Å²) in [6.45, 7) is 1.27.